The molecule has 0 saturated carbocycles. The van der Waals surface area contributed by atoms with Gasteiger partial charge in [-0.15, -0.1) is 0 Å². The van der Waals surface area contributed by atoms with Crippen LogP contribution in [-0.2, 0) is 6.54 Å². The van der Waals surface area contributed by atoms with E-state index in [1.165, 1.54) is 0 Å². The van der Waals surface area contributed by atoms with Crippen molar-refractivity contribution in [3.8, 4) is 5.75 Å². The highest BCUT2D eigenvalue weighted by Gasteiger charge is 2.15. The summed E-state index contributed by atoms with van der Waals surface area (Å²) < 4.78 is 10.2. The number of aryl methyl sites for hydroxylation is 1. The van der Waals surface area contributed by atoms with Crippen LogP contribution in [0, 0.1) is 6.92 Å². The number of carbonyl (C=O) groups excluding carboxylic acids is 1. The maximum Gasteiger partial charge on any atom is 0.272 e. The molecule has 0 aliphatic heterocycles. The monoisotopic (exact) mass is 311 g/mol. The number of nitrogens with zero attached hydrogens (tertiary/aromatic N) is 3. The van der Waals surface area contributed by atoms with E-state index in [9.17, 15) is 4.79 Å². The topological polar surface area (TPSA) is 68.5 Å². The molecule has 0 fully saturated rings. The van der Waals surface area contributed by atoms with Crippen LogP contribution < -0.4 is 4.74 Å². The van der Waals surface area contributed by atoms with Gasteiger partial charge in [0.1, 0.15) is 22.9 Å². The normalized spacial score (nSPS) is 10.7. The number of methoxy groups -OCH3 is 1. The summed E-state index contributed by atoms with van der Waals surface area (Å²) in [4.78, 5) is 18.5. The molecule has 0 N–H and O–H groups in total. The molecule has 0 aliphatic rings. The lowest BCUT2D eigenvalue weighted by Crippen LogP contribution is -2.27. The minimum atomic E-state index is -0.164. The molecule has 1 amide bonds. The van der Waals surface area contributed by atoms with Crippen molar-refractivity contribution >= 4 is 16.8 Å². The first-order chi connectivity index (χ1) is 11.1. The fraction of sp³-hybridized carbons (Fsp3) is 0.235. The van der Waals surface area contributed by atoms with E-state index in [0.29, 0.717) is 17.9 Å². The van der Waals surface area contributed by atoms with E-state index in [-0.39, 0.29) is 5.91 Å². The van der Waals surface area contributed by atoms with Gasteiger partial charge < -0.3 is 14.2 Å². The van der Waals surface area contributed by atoms with E-state index >= 15 is 0 Å². The summed E-state index contributed by atoms with van der Waals surface area (Å²) in [6.45, 7) is 2.19. The molecule has 6 heteroatoms. The highest BCUT2D eigenvalue weighted by atomic mass is 16.5. The molecule has 23 heavy (non-hydrogen) atoms. The molecule has 0 atom stereocenters. The van der Waals surface area contributed by atoms with Crippen LogP contribution in [0.25, 0.3) is 10.9 Å². The molecule has 0 saturated heterocycles. The zero-order valence-electron chi connectivity index (χ0n) is 13.2. The van der Waals surface area contributed by atoms with E-state index in [1.807, 2.05) is 37.3 Å². The highest BCUT2D eigenvalue weighted by Crippen LogP contribution is 2.20. The summed E-state index contributed by atoms with van der Waals surface area (Å²) in [6.07, 6.45) is 0. The summed E-state index contributed by atoms with van der Waals surface area (Å²) in [5.41, 5.74) is 1.86. The molecule has 1 aromatic carbocycles. The van der Waals surface area contributed by atoms with Crippen molar-refractivity contribution in [2.24, 2.45) is 0 Å². The van der Waals surface area contributed by atoms with Gasteiger partial charge in [0.15, 0.2) is 0 Å². The number of hydrogen-bond donors (Lipinski definition) is 0. The number of pyridine rings is 1. The number of amides is 1. The molecule has 6 nitrogen and oxygen atoms in total. The fourth-order valence-corrected chi connectivity index (χ4v) is 2.35. The van der Waals surface area contributed by atoms with Gasteiger partial charge in [0.2, 0.25) is 0 Å². The van der Waals surface area contributed by atoms with Gasteiger partial charge in [-0.2, -0.15) is 0 Å². The Morgan fingerprint density at radius 1 is 1.26 bits per heavy atom. The van der Waals surface area contributed by atoms with Crippen molar-refractivity contribution in [3.05, 3.63) is 53.5 Å². The van der Waals surface area contributed by atoms with Crippen molar-refractivity contribution in [2.45, 2.75) is 13.5 Å². The van der Waals surface area contributed by atoms with Gasteiger partial charge in [-0.1, -0.05) is 11.2 Å². The smallest absolute Gasteiger partial charge is 0.272 e. The Morgan fingerprint density at radius 3 is 2.78 bits per heavy atom. The third kappa shape index (κ3) is 3.15. The lowest BCUT2D eigenvalue weighted by Gasteiger charge is -2.15. The van der Waals surface area contributed by atoms with Crippen LogP contribution in [-0.4, -0.2) is 35.1 Å². The molecule has 2 heterocycles. The summed E-state index contributed by atoms with van der Waals surface area (Å²) in [7, 11) is 3.33. The van der Waals surface area contributed by atoms with Gasteiger partial charge in [0, 0.05) is 18.5 Å². The lowest BCUT2D eigenvalue weighted by atomic mass is 10.2. The second kappa shape index (κ2) is 6.08. The van der Waals surface area contributed by atoms with E-state index < -0.39 is 0 Å². The number of hydrogen-bond acceptors (Lipinski definition) is 5. The van der Waals surface area contributed by atoms with Gasteiger partial charge in [-0.25, -0.2) is 4.98 Å². The molecular weight excluding hydrogens is 294 g/mol. The zero-order chi connectivity index (χ0) is 16.4. The zero-order valence-corrected chi connectivity index (χ0v) is 13.2. The Bertz CT molecular complexity index is 857. The Hall–Kier alpha value is -2.89. The SMILES string of the molecule is COc1ccc2nc(C(=O)N(C)Cc3cc(C)on3)ccc2c1. The lowest BCUT2D eigenvalue weighted by molar-refractivity contribution is 0.0777. The number of fused-ring (bicyclic) bond motifs is 1. The van der Waals surface area contributed by atoms with Gasteiger partial charge in [0.05, 0.1) is 19.2 Å². The van der Waals surface area contributed by atoms with Crippen LogP contribution in [0.1, 0.15) is 21.9 Å². The number of rotatable bonds is 4. The standard InChI is InChI=1S/C17H17N3O3/c1-11-8-13(19-23-11)10-20(2)17(21)16-6-4-12-9-14(22-3)5-7-15(12)18-16/h4-9H,10H2,1-3H3. The summed E-state index contributed by atoms with van der Waals surface area (Å²) in [5.74, 6) is 1.32. The van der Waals surface area contributed by atoms with E-state index in [4.69, 9.17) is 9.26 Å². The third-order valence-electron chi connectivity index (χ3n) is 3.54. The number of ether oxygens (including phenoxy) is 1. The Morgan fingerprint density at radius 2 is 2.09 bits per heavy atom. The Labute approximate surface area is 133 Å². The van der Waals surface area contributed by atoms with Crippen LogP contribution in [0.15, 0.2) is 40.9 Å². The Kier molecular flexibility index (Phi) is 3.97. The first kappa shape index (κ1) is 15.0. The molecule has 3 aromatic rings. The van der Waals surface area contributed by atoms with Crippen LogP contribution in [0.4, 0.5) is 0 Å². The molecule has 0 bridgehead atoms. The predicted molar refractivity (Wildman–Crippen MR) is 85.3 cm³/mol. The number of aromatic nitrogens is 2. The van der Waals surface area contributed by atoms with Crippen molar-refractivity contribution < 1.29 is 14.1 Å². The van der Waals surface area contributed by atoms with E-state index in [2.05, 4.69) is 10.1 Å². The van der Waals surface area contributed by atoms with Gasteiger partial charge in [-0.3, -0.25) is 4.79 Å². The van der Waals surface area contributed by atoms with Crippen molar-refractivity contribution in [1.82, 2.24) is 15.0 Å². The van der Waals surface area contributed by atoms with Crippen LogP contribution in [0.5, 0.6) is 5.75 Å². The molecule has 0 aliphatic carbocycles. The summed E-state index contributed by atoms with van der Waals surface area (Å²) >= 11 is 0. The minimum Gasteiger partial charge on any atom is -0.497 e. The average Bonchev–Trinajstić information content (AvgIpc) is 2.97. The molecular formula is C17H17N3O3. The maximum absolute atomic E-state index is 12.5. The Balaban J connectivity index is 1.82. The number of carbonyl (C=O) groups is 1. The summed E-state index contributed by atoms with van der Waals surface area (Å²) in [6, 6.07) is 10.9. The minimum absolute atomic E-state index is 0.164. The molecule has 0 unspecified atom stereocenters. The van der Waals surface area contributed by atoms with Gasteiger partial charge in [-0.05, 0) is 31.2 Å². The second-order valence-corrected chi connectivity index (χ2v) is 5.35. The third-order valence-corrected chi connectivity index (χ3v) is 3.54. The molecule has 2 aromatic heterocycles. The quantitative estimate of drug-likeness (QED) is 0.741. The fourth-order valence-electron chi connectivity index (χ4n) is 2.35. The summed E-state index contributed by atoms with van der Waals surface area (Å²) in [5, 5.41) is 4.82. The molecule has 3 rings (SSSR count). The molecule has 118 valence electrons. The highest BCUT2D eigenvalue weighted by molar-refractivity contribution is 5.94. The van der Waals surface area contributed by atoms with Crippen molar-refractivity contribution in [1.29, 1.82) is 0 Å². The van der Waals surface area contributed by atoms with E-state index in [0.717, 1.165) is 22.4 Å². The second-order valence-electron chi connectivity index (χ2n) is 5.35. The average molecular weight is 311 g/mol. The molecule has 0 radical (unpaired) electrons. The van der Waals surface area contributed by atoms with Crippen LogP contribution in [0.2, 0.25) is 0 Å². The van der Waals surface area contributed by atoms with E-state index in [1.54, 1.807) is 25.1 Å². The first-order valence-electron chi connectivity index (χ1n) is 7.19. The number of benzene rings is 1. The van der Waals surface area contributed by atoms with Gasteiger partial charge >= 0.3 is 0 Å². The van der Waals surface area contributed by atoms with Crippen molar-refractivity contribution in [3.63, 3.8) is 0 Å². The maximum atomic E-state index is 12.5. The van der Waals surface area contributed by atoms with Crippen LogP contribution in [0.3, 0.4) is 0 Å². The largest absolute Gasteiger partial charge is 0.497 e. The van der Waals surface area contributed by atoms with Gasteiger partial charge in [0.25, 0.3) is 5.91 Å². The van der Waals surface area contributed by atoms with Crippen molar-refractivity contribution in [2.75, 3.05) is 14.2 Å². The predicted octanol–water partition coefficient (Wildman–Crippen LogP) is 2.81. The molecule has 0 spiro atoms. The first-order valence-corrected chi connectivity index (χ1v) is 7.19. The van der Waals surface area contributed by atoms with Crippen LogP contribution >= 0.6 is 0 Å².